The van der Waals surface area contributed by atoms with E-state index >= 15 is 0 Å². The summed E-state index contributed by atoms with van der Waals surface area (Å²) in [6.45, 7) is 0.981. The Hall–Kier alpha value is -1.15. The minimum atomic E-state index is -4.80. The van der Waals surface area contributed by atoms with Gasteiger partial charge in [-0.05, 0) is 17.7 Å². The maximum Gasteiger partial charge on any atom is 0.403 e. The Morgan fingerprint density at radius 2 is 1.71 bits per heavy atom. The second-order valence-electron chi connectivity index (χ2n) is 4.73. The molecular formula is C13H16F4O3S. The summed E-state index contributed by atoms with van der Waals surface area (Å²) < 4.78 is 77.6. The van der Waals surface area contributed by atoms with Gasteiger partial charge in [0.2, 0.25) is 0 Å². The average molecular weight is 328 g/mol. The van der Waals surface area contributed by atoms with Crippen LogP contribution in [0.3, 0.4) is 0 Å². The van der Waals surface area contributed by atoms with E-state index in [0.717, 1.165) is 12.1 Å². The fourth-order valence-electron chi connectivity index (χ4n) is 1.94. The molecule has 3 nitrogen and oxygen atoms in total. The van der Waals surface area contributed by atoms with E-state index in [9.17, 15) is 26.0 Å². The van der Waals surface area contributed by atoms with E-state index in [1.807, 2.05) is 0 Å². The lowest BCUT2D eigenvalue weighted by Gasteiger charge is -2.20. The van der Waals surface area contributed by atoms with Gasteiger partial charge in [0, 0.05) is 13.0 Å². The number of ether oxygens (including phenoxy) is 1. The van der Waals surface area contributed by atoms with Crippen molar-refractivity contribution < 1.29 is 30.7 Å². The first-order chi connectivity index (χ1) is 9.60. The summed E-state index contributed by atoms with van der Waals surface area (Å²) in [5.41, 5.74) is 0.508. The highest BCUT2D eigenvalue weighted by atomic mass is 32.2. The van der Waals surface area contributed by atoms with E-state index in [0.29, 0.717) is 5.56 Å². The second kappa shape index (κ2) is 6.74. The van der Waals surface area contributed by atoms with Gasteiger partial charge in [-0.25, -0.2) is 8.42 Å². The number of alkyl halides is 4. The first kappa shape index (κ1) is 17.9. The molecule has 8 heteroatoms. The molecule has 0 aliphatic carbocycles. The molecule has 0 unspecified atom stereocenters. The fourth-order valence-corrected chi connectivity index (χ4v) is 3.09. The summed E-state index contributed by atoms with van der Waals surface area (Å²) >= 11 is 0. The third-order valence-electron chi connectivity index (χ3n) is 2.94. The summed E-state index contributed by atoms with van der Waals surface area (Å²) in [7, 11) is -3.05. The molecule has 0 saturated heterocycles. The van der Waals surface area contributed by atoms with Crippen molar-refractivity contribution in [2.75, 3.05) is 19.5 Å². The van der Waals surface area contributed by atoms with Gasteiger partial charge in [0.05, 0.1) is 17.7 Å². The Balaban J connectivity index is 3.02. The Kier molecular flexibility index (Phi) is 5.75. The molecular weight excluding hydrogens is 312 g/mol. The van der Waals surface area contributed by atoms with Gasteiger partial charge < -0.3 is 4.74 Å². The van der Waals surface area contributed by atoms with Gasteiger partial charge in [-0.2, -0.15) is 13.2 Å². The third kappa shape index (κ3) is 4.96. The van der Waals surface area contributed by atoms with Gasteiger partial charge in [0.1, 0.15) is 0 Å². The van der Waals surface area contributed by atoms with Gasteiger partial charge in [-0.1, -0.05) is 19.1 Å². The fraction of sp³-hybridized carbons (Fsp3) is 0.538. The summed E-state index contributed by atoms with van der Waals surface area (Å²) in [4.78, 5) is -0.425. The number of rotatable bonds is 6. The van der Waals surface area contributed by atoms with E-state index in [4.69, 9.17) is 4.74 Å². The Bertz CT molecular complexity index is 552. The maximum absolute atomic E-state index is 12.7. The van der Waals surface area contributed by atoms with Crippen molar-refractivity contribution in [3.05, 3.63) is 29.8 Å². The number of benzene rings is 1. The molecule has 0 spiro atoms. The zero-order valence-electron chi connectivity index (χ0n) is 11.5. The van der Waals surface area contributed by atoms with Crippen LogP contribution < -0.4 is 0 Å². The molecule has 0 N–H and O–H groups in total. The van der Waals surface area contributed by atoms with Crippen LogP contribution in [-0.4, -0.2) is 34.1 Å². The molecule has 1 aromatic rings. The minimum Gasteiger partial charge on any atom is -0.376 e. The van der Waals surface area contributed by atoms with Gasteiger partial charge >= 0.3 is 6.18 Å². The van der Waals surface area contributed by atoms with Crippen molar-refractivity contribution in [3.8, 4) is 0 Å². The van der Waals surface area contributed by atoms with Crippen LogP contribution in [0.2, 0.25) is 0 Å². The lowest BCUT2D eigenvalue weighted by atomic mass is 9.98. The zero-order valence-corrected chi connectivity index (χ0v) is 12.3. The van der Waals surface area contributed by atoms with Crippen molar-refractivity contribution in [2.24, 2.45) is 5.92 Å². The maximum atomic E-state index is 12.7. The third-order valence-corrected chi connectivity index (χ3v) is 4.63. The van der Waals surface area contributed by atoms with Crippen LogP contribution in [0.1, 0.15) is 18.6 Å². The van der Waals surface area contributed by atoms with Crippen LogP contribution in [0, 0.1) is 5.92 Å². The highest BCUT2D eigenvalue weighted by molar-refractivity contribution is 7.91. The van der Waals surface area contributed by atoms with Crippen molar-refractivity contribution in [3.63, 3.8) is 0 Å². The first-order valence-electron chi connectivity index (χ1n) is 6.09. The largest absolute Gasteiger partial charge is 0.403 e. The zero-order chi connectivity index (χ0) is 16.3. The van der Waals surface area contributed by atoms with Crippen molar-refractivity contribution >= 4 is 9.84 Å². The monoisotopic (exact) mass is 328 g/mol. The standard InChI is InChI=1S/C13H16F4O3S/c1-9(7-14)12(20-2)10-3-5-11(6-4-10)21(18,19)8-13(15,16)17/h3-6,9,12H,7-8H2,1-2H3/t9-,12+/m1/s1. The summed E-state index contributed by atoms with van der Waals surface area (Å²) in [6, 6.07) is 4.83. The lowest BCUT2D eigenvalue weighted by molar-refractivity contribution is -0.106. The number of halogens is 4. The molecule has 1 rings (SSSR count). The van der Waals surface area contributed by atoms with Crippen molar-refractivity contribution in [1.29, 1.82) is 0 Å². The van der Waals surface area contributed by atoms with Crippen LogP contribution in [-0.2, 0) is 14.6 Å². The quantitative estimate of drug-likeness (QED) is 0.753. The van der Waals surface area contributed by atoms with Gasteiger partial charge in [0.15, 0.2) is 15.6 Å². The SMILES string of the molecule is CO[C@H](c1ccc(S(=O)(=O)CC(F)(F)F)cc1)[C@H](C)CF. The highest BCUT2D eigenvalue weighted by Gasteiger charge is 2.36. The molecule has 0 radical (unpaired) electrons. The number of hydrogen-bond donors (Lipinski definition) is 0. The smallest absolute Gasteiger partial charge is 0.376 e. The molecule has 0 aromatic heterocycles. The topological polar surface area (TPSA) is 43.4 Å². The summed E-state index contributed by atoms with van der Waals surface area (Å²) in [5.74, 6) is -2.36. The average Bonchev–Trinajstić information content (AvgIpc) is 2.37. The summed E-state index contributed by atoms with van der Waals surface area (Å²) in [5, 5.41) is 0. The molecule has 0 aliphatic rings. The molecule has 0 amide bonds. The first-order valence-corrected chi connectivity index (χ1v) is 7.74. The number of methoxy groups -OCH3 is 1. The van der Waals surface area contributed by atoms with Crippen LogP contribution in [0.4, 0.5) is 17.6 Å². The van der Waals surface area contributed by atoms with Crippen LogP contribution in [0.25, 0.3) is 0 Å². The molecule has 0 fully saturated rings. The Morgan fingerprint density at radius 1 is 1.19 bits per heavy atom. The van der Waals surface area contributed by atoms with Crippen LogP contribution in [0.15, 0.2) is 29.2 Å². The normalized spacial score (nSPS) is 15.7. The van der Waals surface area contributed by atoms with E-state index in [1.165, 1.54) is 19.2 Å². The van der Waals surface area contributed by atoms with E-state index in [2.05, 4.69) is 0 Å². The van der Waals surface area contributed by atoms with Crippen molar-refractivity contribution in [2.45, 2.75) is 24.1 Å². The van der Waals surface area contributed by atoms with Crippen LogP contribution in [0.5, 0.6) is 0 Å². The van der Waals surface area contributed by atoms with E-state index < -0.39 is 45.4 Å². The van der Waals surface area contributed by atoms with Crippen molar-refractivity contribution in [1.82, 2.24) is 0 Å². The number of sulfone groups is 1. The summed E-state index contributed by atoms with van der Waals surface area (Å²) in [6.07, 6.45) is -5.38. The molecule has 0 bridgehead atoms. The molecule has 2 atom stereocenters. The van der Waals surface area contributed by atoms with Crippen LogP contribution >= 0.6 is 0 Å². The Labute approximate surface area is 120 Å². The minimum absolute atomic E-state index is 0.425. The van der Waals surface area contributed by atoms with Gasteiger partial charge in [-0.3, -0.25) is 4.39 Å². The molecule has 1 aromatic carbocycles. The highest BCUT2D eigenvalue weighted by Crippen LogP contribution is 2.28. The Morgan fingerprint density at radius 3 is 2.10 bits per heavy atom. The number of hydrogen-bond acceptors (Lipinski definition) is 3. The lowest BCUT2D eigenvalue weighted by Crippen LogP contribution is -2.23. The second-order valence-corrected chi connectivity index (χ2v) is 6.72. The van der Waals surface area contributed by atoms with E-state index in [1.54, 1.807) is 6.92 Å². The van der Waals surface area contributed by atoms with E-state index in [-0.39, 0.29) is 0 Å². The predicted octanol–water partition coefficient (Wildman–Crippen LogP) is 3.32. The molecule has 0 heterocycles. The molecule has 120 valence electrons. The molecule has 0 saturated carbocycles. The van der Waals surface area contributed by atoms with Gasteiger partial charge in [-0.15, -0.1) is 0 Å². The predicted molar refractivity (Wildman–Crippen MR) is 69.4 cm³/mol. The molecule has 21 heavy (non-hydrogen) atoms. The van der Waals surface area contributed by atoms with Gasteiger partial charge in [0.25, 0.3) is 0 Å². The molecule has 0 aliphatic heterocycles.